The zero-order chi connectivity index (χ0) is 5.28. The number of allylic oxidation sites excluding steroid dienone is 1. The van der Waals surface area contributed by atoms with Crippen molar-refractivity contribution in [2.45, 2.75) is 2.58 Å². The van der Waals surface area contributed by atoms with E-state index in [1.54, 1.807) is 6.26 Å². The minimum absolute atomic E-state index is 0.399. The molecule has 1 atom stereocenters. The van der Waals surface area contributed by atoms with Crippen LogP contribution in [0.5, 0.6) is 0 Å². The van der Waals surface area contributed by atoms with Crippen molar-refractivity contribution in [2.24, 2.45) is 0 Å². The third kappa shape index (κ3) is 1.54. The number of hydrogen-bond acceptors (Lipinski definition) is 1. The summed E-state index contributed by atoms with van der Waals surface area (Å²) in [6.07, 6.45) is 3.64. The van der Waals surface area contributed by atoms with Crippen LogP contribution in [0.4, 0.5) is 0 Å². The van der Waals surface area contributed by atoms with Crippen molar-refractivity contribution in [3.8, 4) is 0 Å². The molecule has 1 nitrogen and oxygen atoms in total. The fourth-order valence-corrected chi connectivity index (χ4v) is 4.15. The third-order valence-corrected chi connectivity index (χ3v) is 12.1. The van der Waals surface area contributed by atoms with Gasteiger partial charge in [-0.1, -0.05) is 0 Å². The Hall–Kier alpha value is 1.18. The summed E-state index contributed by atoms with van der Waals surface area (Å²) in [4.78, 5) is 0. The Kier molecular flexibility index (Phi) is 2.38. The summed E-state index contributed by atoms with van der Waals surface area (Å²) in [5.74, 6) is 0. The molecule has 4 heteroatoms. The second-order valence-corrected chi connectivity index (χ2v) is 12.8. The van der Waals surface area contributed by atoms with Gasteiger partial charge in [-0.25, -0.2) is 0 Å². The maximum atomic E-state index is 5.74. The Labute approximate surface area is 62.5 Å². The quantitative estimate of drug-likeness (QED) is 0.614. The van der Waals surface area contributed by atoms with Crippen LogP contribution in [0.1, 0.15) is 0 Å². The van der Waals surface area contributed by atoms with Gasteiger partial charge in [-0.3, -0.25) is 0 Å². The van der Waals surface area contributed by atoms with Gasteiger partial charge in [0.1, 0.15) is 0 Å². The molecule has 1 heterocycles. The summed E-state index contributed by atoms with van der Waals surface area (Å²) in [5.41, 5.74) is 0. The van der Waals surface area contributed by atoms with E-state index in [0.29, 0.717) is 2.58 Å². The molecule has 0 amide bonds. The molecule has 0 saturated heterocycles. The van der Waals surface area contributed by atoms with Gasteiger partial charge in [-0.2, -0.15) is 0 Å². The van der Waals surface area contributed by atoms with E-state index in [2.05, 4.69) is 15.9 Å². The van der Waals surface area contributed by atoms with Gasteiger partial charge in [-0.05, 0) is 0 Å². The van der Waals surface area contributed by atoms with Gasteiger partial charge in [0.15, 0.2) is 0 Å². The van der Waals surface area contributed by atoms with Crippen LogP contribution in [-0.2, 0) is 2.85 Å². The van der Waals surface area contributed by atoms with Gasteiger partial charge in [-0.15, -0.1) is 0 Å². The molecule has 1 rings (SSSR count). The van der Waals surface area contributed by atoms with Crippen molar-refractivity contribution in [1.29, 1.82) is 0 Å². The van der Waals surface area contributed by atoms with Crippen LogP contribution >= 0.6 is 24.5 Å². The van der Waals surface area contributed by atoms with Crippen LogP contribution < -0.4 is 0 Å². The van der Waals surface area contributed by atoms with Crippen LogP contribution in [0.2, 0.25) is 0 Å². The molecular weight excluding hydrogens is 282 g/mol. The van der Waals surface area contributed by atoms with Gasteiger partial charge < -0.3 is 0 Å². The van der Waals surface area contributed by atoms with Crippen LogP contribution in [-0.4, -0.2) is 23.3 Å². The molecule has 0 spiro atoms. The molecule has 0 radical (unpaired) electrons. The zero-order valence-corrected chi connectivity index (χ0v) is 9.11. The monoisotopic (exact) mass is 284 g/mol. The molecule has 1 aliphatic rings. The van der Waals surface area contributed by atoms with E-state index in [-0.39, 0.29) is 0 Å². The van der Waals surface area contributed by atoms with Crippen molar-refractivity contribution < 1.29 is 2.85 Å². The van der Waals surface area contributed by atoms with Crippen LogP contribution in [0.15, 0.2) is 12.3 Å². The second kappa shape index (κ2) is 2.65. The third-order valence-electron chi connectivity index (χ3n) is 0.721. The van der Waals surface area contributed by atoms with Crippen molar-refractivity contribution in [3.05, 3.63) is 12.3 Å². The van der Waals surface area contributed by atoms with Crippen LogP contribution in [0.3, 0.4) is 0 Å². The molecule has 1 unspecified atom stereocenters. The first-order chi connectivity index (χ1) is 3.30. The van der Waals surface area contributed by atoms with Crippen LogP contribution in [0, 0.1) is 0 Å². The molecule has 0 bridgehead atoms. The van der Waals surface area contributed by atoms with Crippen molar-refractivity contribution in [3.63, 3.8) is 0 Å². The summed E-state index contributed by atoms with van der Waals surface area (Å²) in [6, 6.07) is 0. The van der Waals surface area contributed by atoms with Gasteiger partial charge in [0.25, 0.3) is 0 Å². The number of alkyl halides is 1. The van der Waals surface area contributed by atoms with E-state index in [1.807, 2.05) is 6.08 Å². The first-order valence-corrected chi connectivity index (χ1v) is 10.2. The summed E-state index contributed by atoms with van der Waals surface area (Å²) in [5, 5.41) is 0. The average Bonchev–Trinajstić information content (AvgIpc) is 1.91. The number of halogens is 2. The summed E-state index contributed by atoms with van der Waals surface area (Å²) < 4.78 is 5.41. The van der Waals surface area contributed by atoms with Crippen molar-refractivity contribution >= 4 is 45.2 Å². The topological polar surface area (TPSA) is 9.23 Å². The zero-order valence-electron chi connectivity index (χ0n) is 3.47. The first-order valence-electron chi connectivity index (χ1n) is 1.91. The summed E-state index contributed by atoms with van der Waals surface area (Å²) in [6.45, 7) is 0. The molecular formula is C3H3BrClInO. The number of rotatable bonds is 0. The van der Waals surface area contributed by atoms with E-state index in [9.17, 15) is 0 Å². The van der Waals surface area contributed by atoms with Crippen LogP contribution in [0.25, 0.3) is 0 Å². The second-order valence-electron chi connectivity index (χ2n) is 1.26. The van der Waals surface area contributed by atoms with Gasteiger partial charge in [0.05, 0.1) is 0 Å². The molecule has 0 aromatic carbocycles. The van der Waals surface area contributed by atoms with Gasteiger partial charge >= 0.3 is 63.0 Å². The van der Waals surface area contributed by atoms with Crippen molar-refractivity contribution in [1.82, 2.24) is 0 Å². The molecule has 0 fully saturated rings. The van der Waals surface area contributed by atoms with E-state index in [1.165, 1.54) is 0 Å². The Balaban J connectivity index is 2.45. The molecule has 0 N–H and O–H groups in total. The van der Waals surface area contributed by atoms with E-state index < -0.39 is 20.7 Å². The Bertz CT molecular complexity index is 96.9. The first kappa shape index (κ1) is 6.30. The minimum atomic E-state index is -1.96. The fourth-order valence-electron chi connectivity index (χ4n) is 0.358. The molecule has 38 valence electrons. The van der Waals surface area contributed by atoms with Crippen molar-refractivity contribution in [2.75, 3.05) is 0 Å². The maximum absolute atomic E-state index is 5.74. The SMILES string of the molecule is [Cl][In]1[O]C=C[CH]1Br. The van der Waals surface area contributed by atoms with E-state index in [0.717, 1.165) is 0 Å². The van der Waals surface area contributed by atoms with E-state index >= 15 is 0 Å². The Morgan fingerprint density at radius 3 is 2.71 bits per heavy atom. The Morgan fingerprint density at radius 1 is 1.86 bits per heavy atom. The molecule has 0 aromatic rings. The molecule has 0 saturated carbocycles. The molecule has 0 aromatic heterocycles. The summed E-state index contributed by atoms with van der Waals surface area (Å²) in [7, 11) is 5.74. The average molecular weight is 285 g/mol. The number of hydrogen-bond donors (Lipinski definition) is 0. The Morgan fingerprint density at radius 2 is 2.57 bits per heavy atom. The standard InChI is InChI=1S/C3H4BrO.ClH.In/c4-2-1-3-5;;/h1-3,5H;1H;/q;;+2/p-2. The van der Waals surface area contributed by atoms with Gasteiger partial charge in [0, 0.05) is 0 Å². The summed E-state index contributed by atoms with van der Waals surface area (Å²) >= 11 is 1.39. The molecule has 1 aliphatic heterocycles. The van der Waals surface area contributed by atoms with Gasteiger partial charge in [0.2, 0.25) is 0 Å². The predicted molar refractivity (Wildman–Crippen MR) is 34.5 cm³/mol. The molecule has 7 heavy (non-hydrogen) atoms. The fraction of sp³-hybridized carbons (Fsp3) is 0.333. The normalized spacial score (nSPS) is 28.3. The molecule has 0 aliphatic carbocycles. The van der Waals surface area contributed by atoms with E-state index in [4.69, 9.17) is 11.4 Å². The predicted octanol–water partition coefficient (Wildman–Crippen LogP) is 1.56.